The van der Waals surface area contributed by atoms with Crippen molar-refractivity contribution in [3.8, 4) is 0 Å². The van der Waals surface area contributed by atoms with Gasteiger partial charge in [0, 0.05) is 72.8 Å². The molecule has 22 nitrogen and oxygen atoms in total. The van der Waals surface area contributed by atoms with Crippen molar-refractivity contribution in [1.29, 1.82) is 0 Å². The molecule has 4 aromatic rings. The molecule has 9 atom stereocenters. The topological polar surface area (TPSA) is 323 Å². The lowest BCUT2D eigenvalue weighted by molar-refractivity contribution is -0.143. The van der Waals surface area contributed by atoms with Gasteiger partial charge >= 0.3 is 5.97 Å². The lowest BCUT2D eigenvalue weighted by atomic mass is 9.99. The Labute approximate surface area is 464 Å². The van der Waals surface area contributed by atoms with Gasteiger partial charge in [-0.1, -0.05) is 76.2 Å². The Hall–Kier alpha value is -6.92. The van der Waals surface area contributed by atoms with Crippen molar-refractivity contribution < 1.29 is 48.3 Å². The molecule has 2 fully saturated rings. The third kappa shape index (κ3) is 16.3. The summed E-state index contributed by atoms with van der Waals surface area (Å²) in [6, 6.07) is 5.93. The number of hydrogen-bond acceptors (Lipinski definition) is 13. The summed E-state index contributed by atoms with van der Waals surface area (Å²) in [6.07, 6.45) is 6.39. The standard InChI is InChI=1S/C54H74N12O10S2/c1-30(2)20-38(46(67)63-42(21-31(3)4)53(74)66-19-11-17-45(66)51(72)61-39(22-32-12-6-5-7-13-32)47(68)64-43(28-78)54(75)76)59-49(70)41(24-34-26-56-29-58-34)60-48(69)40(23-33-25-57-37-15-9-8-14-35(33)37)62-50(71)44-16-10-18-65(44)52(73)36(55)27-77/h5-9,12-15,25-26,29-31,36,38-45,57,77-78H,10-11,16-24,27-28,55H2,1-4H3,(H,56,58)(H,59,70)(H,60,69)(H,61,72)(H,62,71)(H,63,67)(H,64,68)(H,75,76)/t36-,38-,39-,40-,41-,42-,43-,44-,45-/m0/s1. The van der Waals surface area contributed by atoms with E-state index < -0.39 is 108 Å². The number of fused-ring (bicyclic) bond motifs is 1. The van der Waals surface area contributed by atoms with Crippen molar-refractivity contribution in [3.63, 3.8) is 0 Å². The summed E-state index contributed by atoms with van der Waals surface area (Å²) in [5.74, 6) is -6.79. The SMILES string of the molecule is CC(C)C[C@H](NC(=O)[C@H](Cc1cnc[nH]1)NC(=O)[C@H](Cc1c[nH]c2ccccc12)NC(=O)[C@@H]1CCCN1C(=O)[C@@H](N)CS)C(=O)N[C@@H](CC(C)C)C(=O)N1CCC[C@H]1C(=O)N[C@@H](Cc1ccccc1)C(=O)N[C@@H](CS)C(=O)O. The van der Waals surface area contributed by atoms with E-state index in [4.69, 9.17) is 5.73 Å². The molecule has 2 aliphatic heterocycles. The van der Waals surface area contributed by atoms with Gasteiger partial charge in [-0.15, -0.1) is 0 Å². The van der Waals surface area contributed by atoms with Gasteiger partial charge in [0.2, 0.25) is 47.3 Å². The predicted octanol–water partition coefficient (Wildman–Crippen LogP) is 1.17. The van der Waals surface area contributed by atoms with Gasteiger partial charge in [0.1, 0.15) is 48.3 Å². The monoisotopic (exact) mass is 1110 g/mol. The summed E-state index contributed by atoms with van der Waals surface area (Å²) in [5.41, 5.74) is 8.70. The summed E-state index contributed by atoms with van der Waals surface area (Å²) >= 11 is 8.23. The highest BCUT2D eigenvalue weighted by atomic mass is 32.1. The van der Waals surface area contributed by atoms with Crippen LogP contribution in [0.25, 0.3) is 10.9 Å². The first kappa shape index (κ1) is 60.3. The van der Waals surface area contributed by atoms with E-state index in [0.29, 0.717) is 42.6 Å². The smallest absolute Gasteiger partial charge is 0.327 e. The summed E-state index contributed by atoms with van der Waals surface area (Å²) in [4.78, 5) is 138. The van der Waals surface area contributed by atoms with Crippen LogP contribution in [0.2, 0.25) is 0 Å². The molecule has 24 heteroatoms. The molecule has 0 saturated carbocycles. The third-order valence-corrected chi connectivity index (χ3v) is 14.7. The van der Waals surface area contributed by atoms with Gasteiger partial charge in [0.05, 0.1) is 12.4 Å². The van der Waals surface area contributed by atoms with Crippen LogP contribution < -0.4 is 37.6 Å². The molecule has 2 aromatic carbocycles. The molecule has 2 saturated heterocycles. The minimum Gasteiger partial charge on any atom is -0.480 e. The lowest BCUT2D eigenvalue weighted by Crippen LogP contribution is -2.61. The number of carboxylic acid groups (broad SMARTS) is 1. The van der Waals surface area contributed by atoms with E-state index in [1.54, 1.807) is 36.5 Å². The van der Waals surface area contributed by atoms with Crippen LogP contribution in [0.15, 0.2) is 73.3 Å². The average Bonchev–Trinajstić information content (AvgIpc) is 4.31. The minimum atomic E-state index is -1.33. The Morgan fingerprint density at radius 1 is 0.628 bits per heavy atom. The second-order valence-electron chi connectivity index (χ2n) is 20.8. The van der Waals surface area contributed by atoms with Crippen LogP contribution in [0.5, 0.6) is 0 Å². The number of nitrogens with zero attached hydrogens (tertiary/aromatic N) is 3. The molecule has 8 amide bonds. The molecular weight excluding hydrogens is 1040 g/mol. The zero-order valence-corrected chi connectivity index (χ0v) is 46.2. The number of H-pyrrole nitrogens is 2. The highest BCUT2D eigenvalue weighted by Crippen LogP contribution is 2.24. The van der Waals surface area contributed by atoms with E-state index in [-0.39, 0.29) is 68.4 Å². The Morgan fingerprint density at radius 2 is 1.14 bits per heavy atom. The maximum Gasteiger partial charge on any atom is 0.327 e. The molecule has 2 aliphatic rings. The number of benzene rings is 2. The summed E-state index contributed by atoms with van der Waals surface area (Å²) in [6.45, 7) is 7.92. The van der Waals surface area contributed by atoms with Gasteiger partial charge in [0.15, 0.2) is 0 Å². The molecule has 0 unspecified atom stereocenters. The Morgan fingerprint density at radius 3 is 1.71 bits per heavy atom. The zero-order valence-electron chi connectivity index (χ0n) is 44.4. The average molecular weight is 1120 g/mol. The highest BCUT2D eigenvalue weighted by Gasteiger charge is 2.42. The van der Waals surface area contributed by atoms with Crippen molar-refractivity contribution in [2.75, 3.05) is 24.6 Å². The number of aliphatic carboxylic acids is 1. The summed E-state index contributed by atoms with van der Waals surface area (Å²) < 4.78 is 0. The minimum absolute atomic E-state index is 0.00673. The molecule has 0 radical (unpaired) electrons. The van der Waals surface area contributed by atoms with E-state index in [9.17, 15) is 48.3 Å². The number of para-hydroxylation sites is 1. The number of nitrogens with two attached hydrogens (primary N) is 1. The van der Waals surface area contributed by atoms with Gasteiger partial charge in [0.25, 0.3) is 0 Å². The quantitative estimate of drug-likeness (QED) is 0.0375. The molecule has 0 spiro atoms. The first-order valence-electron chi connectivity index (χ1n) is 26.5. The molecule has 11 N–H and O–H groups in total. The van der Waals surface area contributed by atoms with Crippen LogP contribution in [0.4, 0.5) is 0 Å². The van der Waals surface area contributed by atoms with Crippen molar-refractivity contribution in [2.45, 2.75) is 140 Å². The fourth-order valence-corrected chi connectivity index (χ4v) is 10.3. The Bertz CT molecular complexity index is 2720. The summed E-state index contributed by atoms with van der Waals surface area (Å²) in [5, 5.41) is 27.1. The van der Waals surface area contributed by atoms with Crippen LogP contribution in [0.1, 0.15) is 83.0 Å². The lowest BCUT2D eigenvalue weighted by Gasteiger charge is -2.32. The summed E-state index contributed by atoms with van der Waals surface area (Å²) in [7, 11) is 0. The normalized spacial score (nSPS) is 18.1. The molecule has 2 aromatic heterocycles. The molecule has 4 heterocycles. The number of nitrogens with one attached hydrogen (secondary N) is 8. The van der Waals surface area contributed by atoms with E-state index in [2.05, 4.69) is 72.1 Å². The van der Waals surface area contributed by atoms with Crippen LogP contribution in [-0.4, -0.2) is 162 Å². The van der Waals surface area contributed by atoms with E-state index in [1.807, 2.05) is 52.0 Å². The maximum absolute atomic E-state index is 14.7. The number of rotatable bonds is 27. The number of carbonyl (C=O) groups is 9. The van der Waals surface area contributed by atoms with Gasteiger partial charge in [-0.25, -0.2) is 9.78 Å². The Kier molecular flexibility index (Phi) is 22.1. The number of aromatic amines is 2. The number of amides is 8. The van der Waals surface area contributed by atoms with Gasteiger partial charge in [-0.3, -0.25) is 38.4 Å². The molecule has 422 valence electrons. The molecule has 0 bridgehead atoms. The van der Waals surface area contributed by atoms with Crippen molar-refractivity contribution in [3.05, 3.63) is 90.1 Å². The maximum atomic E-state index is 14.7. The molecule has 78 heavy (non-hydrogen) atoms. The zero-order chi connectivity index (χ0) is 56.6. The van der Waals surface area contributed by atoms with Crippen LogP contribution in [0.3, 0.4) is 0 Å². The first-order chi connectivity index (χ1) is 37.3. The largest absolute Gasteiger partial charge is 0.480 e. The van der Waals surface area contributed by atoms with E-state index in [0.717, 1.165) is 10.9 Å². The molecule has 0 aliphatic carbocycles. The second-order valence-corrected chi connectivity index (χ2v) is 21.6. The third-order valence-electron chi connectivity index (χ3n) is 13.9. The van der Waals surface area contributed by atoms with Crippen LogP contribution in [0, 0.1) is 11.8 Å². The number of likely N-dealkylation sites (tertiary alicyclic amines) is 2. The van der Waals surface area contributed by atoms with Gasteiger partial charge in [-0.2, -0.15) is 25.3 Å². The number of carboxylic acids is 1. The fraction of sp³-hybridized carbons (Fsp3) is 0.519. The number of carbonyl (C=O) groups excluding carboxylic acids is 8. The number of aromatic nitrogens is 3. The van der Waals surface area contributed by atoms with Gasteiger partial charge in [-0.05, 0) is 67.6 Å². The van der Waals surface area contributed by atoms with E-state index in [1.165, 1.54) is 22.3 Å². The number of hydrogen-bond donors (Lipinski definition) is 12. The molecule has 6 rings (SSSR count). The van der Waals surface area contributed by atoms with Crippen LogP contribution in [-0.2, 0) is 62.4 Å². The van der Waals surface area contributed by atoms with E-state index >= 15 is 0 Å². The molecular formula is C54H74N12O10S2. The number of thiol groups is 2. The number of imidazole rings is 1. The first-order valence-corrected chi connectivity index (χ1v) is 27.7. The van der Waals surface area contributed by atoms with Crippen molar-refractivity contribution >= 4 is 89.4 Å². The predicted molar refractivity (Wildman–Crippen MR) is 298 cm³/mol. The van der Waals surface area contributed by atoms with Crippen molar-refractivity contribution in [2.24, 2.45) is 17.6 Å². The van der Waals surface area contributed by atoms with Crippen molar-refractivity contribution in [1.82, 2.24) is 56.7 Å². The highest BCUT2D eigenvalue weighted by molar-refractivity contribution is 7.80. The Balaban J connectivity index is 1.21. The van der Waals surface area contributed by atoms with Gasteiger partial charge < -0.3 is 62.5 Å². The second kappa shape index (κ2) is 28.6. The van der Waals surface area contributed by atoms with Crippen LogP contribution >= 0.6 is 25.3 Å². The fourth-order valence-electron chi connectivity index (χ4n) is 9.92.